The standard InChI is InChI=1S/C14H10Cl2N2O3/c15-9-3-1-7(5-10(9)16)13(19)18-12-4-2-8(14(20)21)6-11(12)17/h1-6H,17H2,(H,18,19)(H,20,21). The van der Waals surface area contributed by atoms with E-state index < -0.39 is 11.9 Å². The van der Waals surface area contributed by atoms with Gasteiger partial charge in [-0.15, -0.1) is 0 Å². The first kappa shape index (κ1) is 15.2. The highest BCUT2D eigenvalue weighted by molar-refractivity contribution is 6.42. The first-order valence-electron chi connectivity index (χ1n) is 5.77. The predicted molar refractivity (Wildman–Crippen MR) is 82.2 cm³/mol. The Morgan fingerprint density at radius 2 is 1.67 bits per heavy atom. The number of nitrogens with one attached hydrogen (secondary N) is 1. The minimum absolute atomic E-state index is 0.0417. The van der Waals surface area contributed by atoms with Crippen molar-refractivity contribution in [2.45, 2.75) is 0 Å². The molecule has 0 saturated heterocycles. The smallest absolute Gasteiger partial charge is 0.335 e. The Morgan fingerprint density at radius 1 is 1.00 bits per heavy atom. The third-order valence-corrected chi connectivity index (χ3v) is 3.47. The van der Waals surface area contributed by atoms with Gasteiger partial charge < -0.3 is 16.2 Å². The molecular weight excluding hydrogens is 315 g/mol. The van der Waals surface area contributed by atoms with Crippen molar-refractivity contribution in [1.29, 1.82) is 0 Å². The number of amides is 1. The molecule has 0 bridgehead atoms. The van der Waals surface area contributed by atoms with Gasteiger partial charge in [0.05, 0.1) is 27.0 Å². The monoisotopic (exact) mass is 324 g/mol. The van der Waals surface area contributed by atoms with Gasteiger partial charge in [-0.3, -0.25) is 4.79 Å². The summed E-state index contributed by atoms with van der Waals surface area (Å²) in [6, 6.07) is 8.51. The summed E-state index contributed by atoms with van der Waals surface area (Å²) < 4.78 is 0. The summed E-state index contributed by atoms with van der Waals surface area (Å²) in [4.78, 5) is 22.9. The molecule has 0 aliphatic carbocycles. The van der Waals surface area contributed by atoms with Gasteiger partial charge in [0.15, 0.2) is 0 Å². The molecule has 1 amide bonds. The summed E-state index contributed by atoms with van der Waals surface area (Å²) in [6.45, 7) is 0. The van der Waals surface area contributed by atoms with Gasteiger partial charge in [0.1, 0.15) is 0 Å². The van der Waals surface area contributed by atoms with Gasteiger partial charge in [-0.05, 0) is 36.4 Å². The van der Waals surface area contributed by atoms with Crippen LogP contribution in [-0.4, -0.2) is 17.0 Å². The molecule has 2 aromatic carbocycles. The number of halogens is 2. The maximum atomic E-state index is 12.1. The Labute approximate surface area is 130 Å². The van der Waals surface area contributed by atoms with Crippen LogP contribution >= 0.6 is 23.2 Å². The molecule has 0 heterocycles. The van der Waals surface area contributed by atoms with Crippen LogP contribution in [0, 0.1) is 0 Å². The maximum Gasteiger partial charge on any atom is 0.335 e. The van der Waals surface area contributed by atoms with E-state index in [1.807, 2.05) is 0 Å². The van der Waals surface area contributed by atoms with Crippen molar-refractivity contribution in [2.75, 3.05) is 11.1 Å². The van der Waals surface area contributed by atoms with E-state index in [0.717, 1.165) is 0 Å². The SMILES string of the molecule is Nc1cc(C(=O)O)ccc1NC(=O)c1ccc(Cl)c(Cl)c1. The lowest BCUT2D eigenvalue weighted by molar-refractivity contribution is 0.0697. The summed E-state index contributed by atoms with van der Waals surface area (Å²) in [7, 11) is 0. The van der Waals surface area contributed by atoms with Crippen LogP contribution in [0.25, 0.3) is 0 Å². The lowest BCUT2D eigenvalue weighted by Crippen LogP contribution is -2.13. The Morgan fingerprint density at radius 3 is 2.24 bits per heavy atom. The van der Waals surface area contributed by atoms with Crippen molar-refractivity contribution in [2.24, 2.45) is 0 Å². The third-order valence-electron chi connectivity index (χ3n) is 2.73. The number of carboxylic acid groups (broad SMARTS) is 1. The van der Waals surface area contributed by atoms with Crippen molar-refractivity contribution in [3.8, 4) is 0 Å². The molecule has 2 aromatic rings. The fraction of sp³-hybridized carbons (Fsp3) is 0. The molecule has 0 spiro atoms. The molecule has 0 aromatic heterocycles. The third kappa shape index (κ3) is 3.45. The summed E-state index contributed by atoms with van der Waals surface area (Å²) in [5.74, 6) is -1.52. The summed E-state index contributed by atoms with van der Waals surface area (Å²) in [6.07, 6.45) is 0. The number of anilines is 2. The number of nitrogen functional groups attached to an aromatic ring is 1. The molecule has 0 saturated carbocycles. The van der Waals surface area contributed by atoms with E-state index in [1.165, 1.54) is 36.4 Å². The molecule has 4 N–H and O–H groups in total. The topological polar surface area (TPSA) is 92.4 Å². The van der Waals surface area contributed by atoms with E-state index >= 15 is 0 Å². The van der Waals surface area contributed by atoms with Gasteiger partial charge in [-0.2, -0.15) is 0 Å². The normalized spacial score (nSPS) is 10.2. The second-order valence-corrected chi connectivity index (χ2v) is 5.00. The van der Waals surface area contributed by atoms with Gasteiger partial charge in [-0.25, -0.2) is 4.79 Å². The second kappa shape index (κ2) is 6.03. The van der Waals surface area contributed by atoms with Crippen LogP contribution in [0.5, 0.6) is 0 Å². The van der Waals surface area contributed by atoms with E-state index in [9.17, 15) is 9.59 Å². The average molecular weight is 325 g/mol. The Bertz CT molecular complexity index is 732. The van der Waals surface area contributed by atoms with E-state index in [2.05, 4.69) is 5.32 Å². The molecule has 21 heavy (non-hydrogen) atoms. The molecule has 0 aliphatic heterocycles. The van der Waals surface area contributed by atoms with Crippen molar-refractivity contribution in [1.82, 2.24) is 0 Å². The highest BCUT2D eigenvalue weighted by Gasteiger charge is 2.11. The van der Waals surface area contributed by atoms with E-state index in [4.69, 9.17) is 34.0 Å². The Hall–Kier alpha value is -2.24. The highest BCUT2D eigenvalue weighted by atomic mass is 35.5. The quantitative estimate of drug-likeness (QED) is 0.753. The number of benzene rings is 2. The molecule has 0 aliphatic rings. The zero-order valence-electron chi connectivity index (χ0n) is 10.6. The van der Waals surface area contributed by atoms with Gasteiger partial charge in [0.25, 0.3) is 5.91 Å². The fourth-order valence-electron chi connectivity index (χ4n) is 1.64. The first-order valence-corrected chi connectivity index (χ1v) is 6.53. The number of aromatic carboxylic acids is 1. The van der Waals surface area contributed by atoms with E-state index in [1.54, 1.807) is 0 Å². The average Bonchev–Trinajstić information content (AvgIpc) is 2.43. The number of rotatable bonds is 3. The van der Waals surface area contributed by atoms with Crippen LogP contribution in [-0.2, 0) is 0 Å². The zero-order chi connectivity index (χ0) is 15.6. The Kier molecular flexibility index (Phi) is 4.35. The van der Waals surface area contributed by atoms with Crippen molar-refractivity contribution < 1.29 is 14.7 Å². The second-order valence-electron chi connectivity index (χ2n) is 4.19. The van der Waals surface area contributed by atoms with Crippen LogP contribution < -0.4 is 11.1 Å². The minimum Gasteiger partial charge on any atom is -0.478 e. The van der Waals surface area contributed by atoms with Crippen LogP contribution in [0.2, 0.25) is 10.0 Å². The number of carbonyl (C=O) groups excluding carboxylic acids is 1. The number of carboxylic acids is 1. The lowest BCUT2D eigenvalue weighted by Gasteiger charge is -2.09. The van der Waals surface area contributed by atoms with Crippen LogP contribution in [0.15, 0.2) is 36.4 Å². The Balaban J connectivity index is 2.23. The summed E-state index contributed by atoms with van der Waals surface area (Å²) >= 11 is 11.6. The van der Waals surface area contributed by atoms with Crippen molar-refractivity contribution >= 4 is 46.5 Å². The van der Waals surface area contributed by atoms with Crippen LogP contribution in [0.4, 0.5) is 11.4 Å². The molecule has 0 radical (unpaired) electrons. The predicted octanol–water partition coefficient (Wildman–Crippen LogP) is 3.53. The van der Waals surface area contributed by atoms with Crippen LogP contribution in [0.3, 0.4) is 0 Å². The van der Waals surface area contributed by atoms with E-state index in [-0.39, 0.29) is 16.3 Å². The molecule has 108 valence electrons. The fourth-order valence-corrected chi connectivity index (χ4v) is 1.94. The number of carbonyl (C=O) groups is 2. The van der Waals surface area contributed by atoms with E-state index in [0.29, 0.717) is 16.3 Å². The lowest BCUT2D eigenvalue weighted by atomic mass is 10.1. The first-order chi connectivity index (χ1) is 9.88. The largest absolute Gasteiger partial charge is 0.478 e. The van der Waals surface area contributed by atoms with Gasteiger partial charge >= 0.3 is 5.97 Å². The van der Waals surface area contributed by atoms with Crippen LogP contribution in [0.1, 0.15) is 20.7 Å². The van der Waals surface area contributed by atoms with Crippen molar-refractivity contribution in [3.63, 3.8) is 0 Å². The number of nitrogens with two attached hydrogens (primary N) is 1. The summed E-state index contributed by atoms with van der Waals surface area (Å²) in [5.41, 5.74) is 6.54. The minimum atomic E-state index is -1.09. The molecule has 5 nitrogen and oxygen atoms in total. The molecule has 7 heteroatoms. The van der Waals surface area contributed by atoms with Gasteiger partial charge in [-0.1, -0.05) is 23.2 Å². The highest BCUT2D eigenvalue weighted by Crippen LogP contribution is 2.24. The molecule has 0 unspecified atom stereocenters. The maximum absolute atomic E-state index is 12.1. The van der Waals surface area contributed by atoms with Crippen molar-refractivity contribution in [3.05, 3.63) is 57.6 Å². The molecule has 0 fully saturated rings. The molecular formula is C14H10Cl2N2O3. The number of hydrogen-bond acceptors (Lipinski definition) is 3. The molecule has 2 rings (SSSR count). The zero-order valence-corrected chi connectivity index (χ0v) is 12.1. The molecule has 0 atom stereocenters. The summed E-state index contributed by atoms with van der Waals surface area (Å²) in [5, 5.41) is 12.0. The number of hydrogen-bond donors (Lipinski definition) is 3. The van der Waals surface area contributed by atoms with Gasteiger partial charge in [0, 0.05) is 5.56 Å². The van der Waals surface area contributed by atoms with Gasteiger partial charge in [0.2, 0.25) is 0 Å².